The number of amides is 1. The Morgan fingerprint density at radius 2 is 1.67 bits per heavy atom. The summed E-state index contributed by atoms with van der Waals surface area (Å²) in [6, 6.07) is 0. The SMILES string of the molecule is CCCNCCNC(=O)C(CC)CC.Cl. The van der Waals surface area contributed by atoms with E-state index in [-0.39, 0.29) is 24.2 Å². The van der Waals surface area contributed by atoms with E-state index in [2.05, 4.69) is 31.4 Å². The van der Waals surface area contributed by atoms with Gasteiger partial charge in [-0.3, -0.25) is 4.79 Å². The van der Waals surface area contributed by atoms with Crippen LogP contribution in [0.25, 0.3) is 0 Å². The van der Waals surface area contributed by atoms with Crippen molar-refractivity contribution >= 4 is 18.3 Å². The van der Waals surface area contributed by atoms with Gasteiger partial charge in [0.2, 0.25) is 5.91 Å². The molecular formula is C11H25ClN2O. The van der Waals surface area contributed by atoms with Crippen LogP contribution in [-0.2, 0) is 4.79 Å². The summed E-state index contributed by atoms with van der Waals surface area (Å²) in [7, 11) is 0. The van der Waals surface area contributed by atoms with E-state index in [9.17, 15) is 4.79 Å². The first kappa shape index (κ1) is 17.1. The molecule has 0 aromatic rings. The molecule has 0 aliphatic heterocycles. The summed E-state index contributed by atoms with van der Waals surface area (Å²) in [4.78, 5) is 11.5. The highest BCUT2D eigenvalue weighted by atomic mass is 35.5. The first-order valence-corrected chi connectivity index (χ1v) is 5.74. The van der Waals surface area contributed by atoms with Gasteiger partial charge >= 0.3 is 0 Å². The lowest BCUT2D eigenvalue weighted by atomic mass is 10.0. The van der Waals surface area contributed by atoms with Crippen molar-refractivity contribution in [1.29, 1.82) is 0 Å². The highest BCUT2D eigenvalue weighted by Gasteiger charge is 2.12. The zero-order valence-corrected chi connectivity index (χ0v) is 11.0. The highest BCUT2D eigenvalue weighted by Crippen LogP contribution is 2.06. The number of halogens is 1. The summed E-state index contributed by atoms with van der Waals surface area (Å²) >= 11 is 0. The standard InChI is InChI=1S/C11H24N2O.ClH/c1-4-7-12-8-9-13-11(14)10(5-2)6-3;/h10,12H,4-9H2,1-3H3,(H,13,14);1H. The average molecular weight is 237 g/mol. The molecule has 1 amide bonds. The summed E-state index contributed by atoms with van der Waals surface area (Å²) in [6.45, 7) is 8.90. The van der Waals surface area contributed by atoms with Crippen molar-refractivity contribution in [2.75, 3.05) is 19.6 Å². The topological polar surface area (TPSA) is 41.1 Å². The molecule has 0 bridgehead atoms. The Morgan fingerprint density at radius 1 is 1.07 bits per heavy atom. The third-order valence-corrected chi connectivity index (χ3v) is 2.38. The largest absolute Gasteiger partial charge is 0.355 e. The second kappa shape index (κ2) is 11.8. The number of rotatable bonds is 8. The van der Waals surface area contributed by atoms with Crippen LogP contribution in [0, 0.1) is 5.92 Å². The summed E-state index contributed by atoms with van der Waals surface area (Å²) < 4.78 is 0. The van der Waals surface area contributed by atoms with E-state index < -0.39 is 0 Å². The van der Waals surface area contributed by atoms with Gasteiger partial charge in [-0.25, -0.2) is 0 Å². The second-order valence-electron chi connectivity index (χ2n) is 3.55. The first-order valence-electron chi connectivity index (χ1n) is 5.74. The van der Waals surface area contributed by atoms with E-state index in [1.54, 1.807) is 0 Å². The molecule has 0 aliphatic carbocycles. The molecule has 0 heterocycles. The summed E-state index contributed by atoms with van der Waals surface area (Å²) in [5.74, 6) is 0.398. The molecule has 0 fully saturated rings. The fourth-order valence-electron chi connectivity index (χ4n) is 1.38. The van der Waals surface area contributed by atoms with Crippen LogP contribution in [0.4, 0.5) is 0 Å². The third-order valence-electron chi connectivity index (χ3n) is 2.38. The molecule has 0 saturated heterocycles. The molecule has 0 unspecified atom stereocenters. The molecule has 15 heavy (non-hydrogen) atoms. The summed E-state index contributed by atoms with van der Waals surface area (Å²) in [5.41, 5.74) is 0. The molecular weight excluding hydrogens is 212 g/mol. The molecule has 4 heteroatoms. The van der Waals surface area contributed by atoms with Crippen LogP contribution in [-0.4, -0.2) is 25.5 Å². The summed E-state index contributed by atoms with van der Waals surface area (Å²) in [5, 5.41) is 6.19. The molecule has 0 saturated carbocycles. The molecule has 0 aromatic carbocycles. The predicted molar refractivity (Wildman–Crippen MR) is 67.5 cm³/mol. The minimum atomic E-state index is 0. The van der Waals surface area contributed by atoms with E-state index in [0.717, 1.165) is 38.9 Å². The number of hydrogen-bond donors (Lipinski definition) is 2. The molecule has 0 aliphatic rings. The smallest absolute Gasteiger partial charge is 0.223 e. The Bertz CT molecular complexity index is 150. The van der Waals surface area contributed by atoms with Gasteiger partial charge in [-0.05, 0) is 25.8 Å². The van der Waals surface area contributed by atoms with Gasteiger partial charge in [-0.2, -0.15) is 0 Å². The Labute approximate surface area is 99.8 Å². The monoisotopic (exact) mass is 236 g/mol. The van der Waals surface area contributed by atoms with E-state index in [1.165, 1.54) is 0 Å². The Kier molecular flexibility index (Phi) is 13.5. The van der Waals surface area contributed by atoms with Crippen LogP contribution in [0.1, 0.15) is 40.0 Å². The van der Waals surface area contributed by atoms with E-state index in [1.807, 2.05) is 0 Å². The van der Waals surface area contributed by atoms with Crippen molar-refractivity contribution in [2.45, 2.75) is 40.0 Å². The first-order chi connectivity index (χ1) is 6.76. The zero-order chi connectivity index (χ0) is 10.8. The quantitative estimate of drug-likeness (QED) is 0.633. The van der Waals surface area contributed by atoms with Crippen molar-refractivity contribution in [3.8, 4) is 0 Å². The Hall–Kier alpha value is -0.280. The minimum Gasteiger partial charge on any atom is -0.355 e. The van der Waals surface area contributed by atoms with E-state index in [4.69, 9.17) is 0 Å². The number of hydrogen-bond acceptors (Lipinski definition) is 2. The second-order valence-corrected chi connectivity index (χ2v) is 3.55. The molecule has 0 aromatic heterocycles. The zero-order valence-electron chi connectivity index (χ0n) is 10.1. The molecule has 2 N–H and O–H groups in total. The van der Waals surface area contributed by atoms with Gasteiger partial charge in [0, 0.05) is 19.0 Å². The van der Waals surface area contributed by atoms with Crippen molar-refractivity contribution in [2.24, 2.45) is 5.92 Å². The van der Waals surface area contributed by atoms with Gasteiger partial charge in [0.15, 0.2) is 0 Å². The lowest BCUT2D eigenvalue weighted by Gasteiger charge is -2.12. The van der Waals surface area contributed by atoms with Crippen molar-refractivity contribution < 1.29 is 4.79 Å². The van der Waals surface area contributed by atoms with Crippen LogP contribution < -0.4 is 10.6 Å². The van der Waals surface area contributed by atoms with Gasteiger partial charge in [-0.15, -0.1) is 12.4 Å². The van der Waals surface area contributed by atoms with Gasteiger partial charge in [0.1, 0.15) is 0 Å². The maximum Gasteiger partial charge on any atom is 0.223 e. The van der Waals surface area contributed by atoms with Crippen LogP contribution in [0.15, 0.2) is 0 Å². The van der Waals surface area contributed by atoms with Crippen molar-refractivity contribution in [3.05, 3.63) is 0 Å². The lowest BCUT2D eigenvalue weighted by molar-refractivity contribution is -0.125. The maximum atomic E-state index is 11.5. The van der Waals surface area contributed by atoms with Crippen LogP contribution in [0.3, 0.4) is 0 Å². The van der Waals surface area contributed by atoms with E-state index >= 15 is 0 Å². The van der Waals surface area contributed by atoms with Crippen LogP contribution in [0.5, 0.6) is 0 Å². The Balaban J connectivity index is 0. The van der Waals surface area contributed by atoms with Gasteiger partial charge in [0.05, 0.1) is 0 Å². The normalized spacial score (nSPS) is 9.87. The maximum absolute atomic E-state index is 11.5. The number of carbonyl (C=O) groups is 1. The number of nitrogens with one attached hydrogen (secondary N) is 2. The summed E-state index contributed by atoms with van der Waals surface area (Å²) in [6.07, 6.45) is 3.01. The Morgan fingerprint density at radius 3 is 2.13 bits per heavy atom. The number of carbonyl (C=O) groups excluding carboxylic acids is 1. The molecule has 0 atom stereocenters. The van der Waals surface area contributed by atoms with Gasteiger partial charge < -0.3 is 10.6 Å². The van der Waals surface area contributed by atoms with Gasteiger partial charge in [-0.1, -0.05) is 20.8 Å². The molecule has 3 nitrogen and oxygen atoms in total. The molecule has 0 radical (unpaired) electrons. The fraction of sp³-hybridized carbons (Fsp3) is 0.909. The van der Waals surface area contributed by atoms with Crippen LogP contribution in [0.2, 0.25) is 0 Å². The highest BCUT2D eigenvalue weighted by molar-refractivity contribution is 5.85. The van der Waals surface area contributed by atoms with Crippen LogP contribution >= 0.6 is 12.4 Å². The van der Waals surface area contributed by atoms with E-state index in [0.29, 0.717) is 0 Å². The fourth-order valence-corrected chi connectivity index (χ4v) is 1.38. The lowest BCUT2D eigenvalue weighted by Crippen LogP contribution is -2.35. The average Bonchev–Trinajstić information content (AvgIpc) is 2.19. The minimum absolute atomic E-state index is 0. The molecule has 0 rings (SSSR count). The third kappa shape index (κ3) is 8.70. The van der Waals surface area contributed by atoms with Crippen molar-refractivity contribution in [1.82, 2.24) is 10.6 Å². The molecule has 92 valence electrons. The molecule has 0 spiro atoms. The van der Waals surface area contributed by atoms with Gasteiger partial charge in [0.25, 0.3) is 0 Å². The predicted octanol–water partition coefficient (Wildman–Crippen LogP) is 1.96. The van der Waals surface area contributed by atoms with Crippen molar-refractivity contribution in [3.63, 3.8) is 0 Å².